The molecule has 3 aromatic carbocycles. The molecule has 1 heterocycles. The van der Waals surface area contributed by atoms with E-state index < -0.39 is 6.04 Å². The molecule has 9 nitrogen and oxygen atoms in total. The van der Waals surface area contributed by atoms with E-state index in [4.69, 9.17) is 9.47 Å². The van der Waals surface area contributed by atoms with Crippen LogP contribution in [-0.2, 0) is 16.1 Å². The van der Waals surface area contributed by atoms with Crippen molar-refractivity contribution >= 4 is 28.5 Å². The molecule has 0 bridgehead atoms. The average Bonchev–Trinajstić information content (AvgIpc) is 3.62. The minimum absolute atomic E-state index is 0.0670. The van der Waals surface area contributed by atoms with Crippen LogP contribution in [-0.4, -0.2) is 47.1 Å². The summed E-state index contributed by atoms with van der Waals surface area (Å²) < 4.78 is 12.7. The number of anilines is 1. The number of methoxy groups -OCH3 is 2. The topological polar surface area (TPSA) is 98.6 Å². The average molecular weight is 542 g/mol. The molecule has 1 unspecified atom stereocenters. The van der Waals surface area contributed by atoms with E-state index in [-0.39, 0.29) is 24.4 Å². The van der Waals surface area contributed by atoms with E-state index in [1.54, 1.807) is 42.0 Å². The summed E-state index contributed by atoms with van der Waals surface area (Å²) in [5.74, 6) is 0.518. The maximum Gasteiger partial charge on any atom is 0.249 e. The normalized spacial score (nSPS) is 14.2. The van der Waals surface area contributed by atoms with Crippen molar-refractivity contribution in [1.29, 1.82) is 0 Å². The number of hydrogen-bond donors (Lipinski definition) is 1. The maximum absolute atomic E-state index is 14.4. The van der Waals surface area contributed by atoms with Gasteiger partial charge in [-0.1, -0.05) is 42.3 Å². The summed E-state index contributed by atoms with van der Waals surface area (Å²) in [6, 6.07) is 17.8. The Labute approximate surface area is 234 Å². The molecule has 0 spiro atoms. The number of aryl methyl sites for hydroxylation is 2. The number of nitrogens with one attached hydrogen (secondary N) is 1. The molecule has 4 aromatic rings. The third-order valence-electron chi connectivity index (χ3n) is 7.50. The number of nitrogens with zero attached hydrogens (tertiary/aromatic N) is 4. The zero-order valence-corrected chi connectivity index (χ0v) is 23.4. The molecule has 1 aliphatic carbocycles. The van der Waals surface area contributed by atoms with Gasteiger partial charge in [-0.3, -0.25) is 14.5 Å². The summed E-state index contributed by atoms with van der Waals surface area (Å²) in [5.41, 5.74) is 4.53. The highest BCUT2D eigenvalue weighted by atomic mass is 16.5. The fraction of sp³-hybridized carbons (Fsp3) is 0.355. The Balaban J connectivity index is 1.65. The molecule has 5 rings (SSSR count). The van der Waals surface area contributed by atoms with Crippen molar-refractivity contribution in [2.75, 3.05) is 19.1 Å². The molecule has 0 saturated heterocycles. The molecule has 40 heavy (non-hydrogen) atoms. The first-order valence-corrected chi connectivity index (χ1v) is 13.6. The van der Waals surface area contributed by atoms with Crippen molar-refractivity contribution < 1.29 is 19.1 Å². The lowest BCUT2D eigenvalue weighted by atomic mass is 9.99. The predicted molar refractivity (Wildman–Crippen MR) is 154 cm³/mol. The largest absolute Gasteiger partial charge is 0.497 e. The highest BCUT2D eigenvalue weighted by Gasteiger charge is 2.36. The standard InChI is InChI=1S/C31H35N5O4/c1-20-13-14-21(2)28(15-20)36(29(37)19-35-27-12-8-7-11-26(27)33-34-35)30(31(38)32-23-9-5-6-10-23)22-16-24(39-3)18-25(17-22)40-4/h7-8,11-18,23,30H,5-6,9-10,19H2,1-4H3,(H,32,38). The Morgan fingerprint density at radius 3 is 2.40 bits per heavy atom. The van der Waals surface area contributed by atoms with Crippen molar-refractivity contribution in [1.82, 2.24) is 20.3 Å². The second-order valence-corrected chi connectivity index (χ2v) is 10.3. The third-order valence-corrected chi connectivity index (χ3v) is 7.50. The highest BCUT2D eigenvalue weighted by Crippen LogP contribution is 2.36. The number of hydrogen-bond acceptors (Lipinski definition) is 6. The van der Waals surface area contributed by atoms with Gasteiger partial charge in [0.1, 0.15) is 29.6 Å². The Morgan fingerprint density at radius 2 is 1.70 bits per heavy atom. The van der Waals surface area contributed by atoms with Crippen LogP contribution in [0.5, 0.6) is 11.5 Å². The van der Waals surface area contributed by atoms with Gasteiger partial charge >= 0.3 is 0 Å². The van der Waals surface area contributed by atoms with Gasteiger partial charge in [-0.25, -0.2) is 4.68 Å². The van der Waals surface area contributed by atoms with Crippen LogP contribution in [0.25, 0.3) is 11.0 Å². The summed E-state index contributed by atoms with van der Waals surface area (Å²) in [7, 11) is 3.13. The van der Waals surface area contributed by atoms with Gasteiger partial charge in [0.05, 0.1) is 19.7 Å². The van der Waals surface area contributed by atoms with E-state index in [9.17, 15) is 9.59 Å². The van der Waals surface area contributed by atoms with Gasteiger partial charge in [-0.15, -0.1) is 5.10 Å². The summed E-state index contributed by atoms with van der Waals surface area (Å²) in [6.45, 7) is 3.82. The van der Waals surface area contributed by atoms with Crippen LogP contribution in [0, 0.1) is 13.8 Å². The van der Waals surface area contributed by atoms with E-state index in [0.717, 1.165) is 42.3 Å². The summed E-state index contributed by atoms with van der Waals surface area (Å²) in [5, 5.41) is 11.7. The van der Waals surface area contributed by atoms with Crippen LogP contribution in [0.15, 0.2) is 60.7 Å². The monoisotopic (exact) mass is 541 g/mol. The Morgan fingerprint density at radius 1 is 1.00 bits per heavy atom. The number of benzene rings is 3. The SMILES string of the molecule is COc1cc(OC)cc(C(C(=O)NC2CCCC2)N(C(=O)Cn2nnc3ccccc32)c2cc(C)ccc2C)c1. The van der Waals surface area contributed by atoms with Crippen LogP contribution in [0.4, 0.5) is 5.69 Å². The molecule has 1 aromatic heterocycles. The van der Waals surface area contributed by atoms with E-state index in [0.29, 0.717) is 28.3 Å². The molecule has 1 N–H and O–H groups in total. The summed E-state index contributed by atoms with van der Waals surface area (Å²) in [6.07, 6.45) is 3.98. The molecule has 1 saturated carbocycles. The van der Waals surface area contributed by atoms with Crippen molar-refractivity contribution in [2.24, 2.45) is 0 Å². The molecular formula is C31H35N5O4. The molecular weight excluding hydrogens is 506 g/mol. The van der Waals surface area contributed by atoms with Crippen molar-refractivity contribution in [3.8, 4) is 11.5 Å². The lowest BCUT2D eigenvalue weighted by Gasteiger charge is -2.34. The van der Waals surface area contributed by atoms with Gasteiger partial charge in [0.15, 0.2) is 0 Å². The van der Waals surface area contributed by atoms with Gasteiger partial charge in [0.25, 0.3) is 0 Å². The first-order chi connectivity index (χ1) is 19.4. The van der Waals surface area contributed by atoms with E-state index >= 15 is 0 Å². The van der Waals surface area contributed by atoms with E-state index in [2.05, 4.69) is 15.6 Å². The third kappa shape index (κ3) is 5.64. The van der Waals surface area contributed by atoms with Gasteiger partial charge in [0.2, 0.25) is 11.8 Å². The quantitative estimate of drug-likeness (QED) is 0.324. The number of aromatic nitrogens is 3. The summed E-state index contributed by atoms with van der Waals surface area (Å²) >= 11 is 0. The van der Waals surface area contributed by atoms with Crippen molar-refractivity contribution in [3.05, 3.63) is 77.4 Å². The smallest absolute Gasteiger partial charge is 0.249 e. The van der Waals surface area contributed by atoms with Gasteiger partial charge in [-0.05, 0) is 73.7 Å². The minimum Gasteiger partial charge on any atom is -0.497 e. The van der Waals surface area contributed by atoms with Crippen LogP contribution >= 0.6 is 0 Å². The number of rotatable bonds is 9. The Kier molecular flexibility index (Phi) is 8.00. The van der Waals surface area contributed by atoms with Crippen LogP contribution < -0.4 is 19.7 Å². The lowest BCUT2D eigenvalue weighted by molar-refractivity contribution is -0.127. The Hall–Kier alpha value is -4.40. The lowest BCUT2D eigenvalue weighted by Crippen LogP contribution is -2.47. The van der Waals surface area contributed by atoms with Gasteiger partial charge < -0.3 is 14.8 Å². The first kappa shape index (κ1) is 27.2. The predicted octanol–water partition coefficient (Wildman–Crippen LogP) is 4.90. The summed E-state index contributed by atoms with van der Waals surface area (Å²) in [4.78, 5) is 30.2. The van der Waals surface area contributed by atoms with E-state index in [1.165, 1.54) is 0 Å². The Bertz CT molecular complexity index is 1500. The number of fused-ring (bicyclic) bond motifs is 1. The molecule has 0 radical (unpaired) electrons. The fourth-order valence-corrected chi connectivity index (χ4v) is 5.39. The molecule has 0 aliphatic heterocycles. The van der Waals surface area contributed by atoms with Crippen LogP contribution in [0.2, 0.25) is 0 Å². The molecule has 1 fully saturated rings. The molecule has 2 amide bonds. The van der Waals surface area contributed by atoms with Gasteiger partial charge in [0, 0.05) is 17.8 Å². The zero-order chi connectivity index (χ0) is 28.2. The number of carbonyl (C=O) groups excluding carboxylic acids is 2. The van der Waals surface area contributed by atoms with Crippen molar-refractivity contribution in [3.63, 3.8) is 0 Å². The van der Waals surface area contributed by atoms with Crippen LogP contribution in [0.1, 0.15) is 48.4 Å². The fourth-order valence-electron chi connectivity index (χ4n) is 5.39. The highest BCUT2D eigenvalue weighted by molar-refractivity contribution is 6.02. The zero-order valence-electron chi connectivity index (χ0n) is 23.4. The maximum atomic E-state index is 14.4. The minimum atomic E-state index is -0.979. The van der Waals surface area contributed by atoms with Crippen molar-refractivity contribution in [2.45, 2.75) is 58.2 Å². The first-order valence-electron chi connectivity index (χ1n) is 13.6. The molecule has 9 heteroatoms. The molecule has 208 valence electrons. The van der Waals surface area contributed by atoms with Gasteiger partial charge in [-0.2, -0.15) is 0 Å². The molecule has 1 aliphatic rings. The number of amides is 2. The molecule has 1 atom stereocenters. The number of carbonyl (C=O) groups is 2. The van der Waals surface area contributed by atoms with E-state index in [1.807, 2.05) is 56.3 Å². The second kappa shape index (κ2) is 11.8. The van der Waals surface area contributed by atoms with Crippen LogP contribution in [0.3, 0.4) is 0 Å². The second-order valence-electron chi connectivity index (χ2n) is 10.3. The number of para-hydroxylation sites is 1. The number of ether oxygens (including phenoxy) is 2.